The summed E-state index contributed by atoms with van der Waals surface area (Å²) in [5, 5.41) is 11.7. The molecule has 0 saturated heterocycles. The summed E-state index contributed by atoms with van der Waals surface area (Å²) in [6, 6.07) is 20.0. The standard InChI is InChI=1S/C24H21BrN4O2S2/c1-15-8-10-16(11-9-15)13-29-14-19(25)21(28-29)26-24(32)27-22-18(23(30)31-2)12-20(33-22)17-6-4-3-5-7-17/h3-12,14H,13H2,1-2H3,(H2,26,27,28,32). The third kappa shape index (κ3) is 5.68. The molecule has 0 aliphatic rings. The topological polar surface area (TPSA) is 68.2 Å². The number of benzene rings is 2. The molecule has 168 valence electrons. The minimum atomic E-state index is -0.428. The van der Waals surface area contributed by atoms with Crippen LogP contribution in [0.3, 0.4) is 0 Å². The van der Waals surface area contributed by atoms with Crippen LogP contribution in [0.5, 0.6) is 0 Å². The molecule has 0 radical (unpaired) electrons. The van der Waals surface area contributed by atoms with Crippen molar-refractivity contribution in [2.45, 2.75) is 13.5 Å². The fraction of sp³-hybridized carbons (Fsp3) is 0.125. The van der Waals surface area contributed by atoms with Gasteiger partial charge in [-0.2, -0.15) is 5.10 Å². The highest BCUT2D eigenvalue weighted by Crippen LogP contribution is 2.36. The average Bonchev–Trinajstić information content (AvgIpc) is 3.38. The molecule has 4 aromatic rings. The van der Waals surface area contributed by atoms with Crippen LogP contribution in [0, 0.1) is 6.92 Å². The Hall–Kier alpha value is -3.01. The zero-order chi connectivity index (χ0) is 23.4. The van der Waals surface area contributed by atoms with Crippen molar-refractivity contribution in [3.63, 3.8) is 0 Å². The van der Waals surface area contributed by atoms with Gasteiger partial charge in [0.25, 0.3) is 0 Å². The van der Waals surface area contributed by atoms with Crippen LogP contribution in [0.2, 0.25) is 0 Å². The summed E-state index contributed by atoms with van der Waals surface area (Å²) in [5.41, 5.74) is 3.80. The average molecular weight is 541 g/mol. The van der Waals surface area contributed by atoms with Gasteiger partial charge in [-0.3, -0.25) is 4.68 Å². The van der Waals surface area contributed by atoms with Gasteiger partial charge in [-0.05, 0) is 52.3 Å². The number of hydrogen-bond donors (Lipinski definition) is 2. The van der Waals surface area contributed by atoms with Crippen molar-refractivity contribution in [2.24, 2.45) is 0 Å². The molecule has 6 nitrogen and oxygen atoms in total. The first-order valence-electron chi connectivity index (χ1n) is 10.1. The monoisotopic (exact) mass is 540 g/mol. The molecule has 0 amide bonds. The van der Waals surface area contributed by atoms with Gasteiger partial charge in [0.1, 0.15) is 5.00 Å². The second kappa shape index (κ2) is 10.3. The number of carbonyl (C=O) groups excluding carboxylic acids is 1. The Labute approximate surface area is 209 Å². The lowest BCUT2D eigenvalue weighted by atomic mass is 10.1. The molecule has 2 heterocycles. The molecule has 0 saturated carbocycles. The zero-order valence-corrected chi connectivity index (χ0v) is 21.2. The fourth-order valence-electron chi connectivity index (χ4n) is 3.18. The molecule has 0 aliphatic heterocycles. The molecule has 0 bridgehead atoms. The first-order valence-corrected chi connectivity index (χ1v) is 12.1. The number of rotatable bonds is 6. The zero-order valence-electron chi connectivity index (χ0n) is 18.0. The Balaban J connectivity index is 1.49. The van der Waals surface area contributed by atoms with E-state index in [-0.39, 0.29) is 0 Å². The second-order valence-corrected chi connectivity index (χ2v) is 9.61. The minimum Gasteiger partial charge on any atom is -0.465 e. The Kier molecular flexibility index (Phi) is 7.22. The van der Waals surface area contributed by atoms with E-state index in [2.05, 4.69) is 62.9 Å². The van der Waals surface area contributed by atoms with Gasteiger partial charge in [-0.15, -0.1) is 11.3 Å². The fourth-order valence-corrected chi connectivity index (χ4v) is 4.91. The lowest BCUT2D eigenvalue weighted by molar-refractivity contribution is 0.0602. The van der Waals surface area contributed by atoms with Crippen molar-refractivity contribution in [2.75, 3.05) is 17.7 Å². The van der Waals surface area contributed by atoms with Gasteiger partial charge in [0.2, 0.25) is 0 Å². The van der Waals surface area contributed by atoms with E-state index in [1.54, 1.807) is 0 Å². The van der Waals surface area contributed by atoms with Crippen molar-refractivity contribution in [1.29, 1.82) is 0 Å². The lowest BCUT2D eigenvalue weighted by Crippen LogP contribution is -2.20. The number of nitrogens with one attached hydrogen (secondary N) is 2. The Morgan fingerprint density at radius 1 is 1.15 bits per heavy atom. The highest BCUT2D eigenvalue weighted by atomic mass is 79.9. The van der Waals surface area contributed by atoms with Crippen LogP contribution in [0.15, 0.2) is 71.3 Å². The number of thiocarbonyl (C=S) groups is 1. The molecular formula is C24H21BrN4O2S2. The number of methoxy groups -OCH3 is 1. The predicted molar refractivity (Wildman–Crippen MR) is 141 cm³/mol. The summed E-state index contributed by atoms with van der Waals surface area (Å²) in [5.74, 6) is 0.154. The van der Waals surface area contributed by atoms with Gasteiger partial charge in [-0.1, -0.05) is 60.2 Å². The van der Waals surface area contributed by atoms with Crippen LogP contribution in [0.25, 0.3) is 10.4 Å². The van der Waals surface area contributed by atoms with Crippen LogP contribution in [0.1, 0.15) is 21.5 Å². The first-order chi connectivity index (χ1) is 15.9. The first kappa shape index (κ1) is 23.2. The van der Waals surface area contributed by atoms with E-state index >= 15 is 0 Å². The van der Waals surface area contributed by atoms with E-state index in [9.17, 15) is 4.79 Å². The summed E-state index contributed by atoms with van der Waals surface area (Å²) < 4.78 is 7.57. The van der Waals surface area contributed by atoms with Crippen LogP contribution < -0.4 is 10.6 Å². The number of esters is 1. The van der Waals surface area contributed by atoms with Gasteiger partial charge < -0.3 is 15.4 Å². The number of halogens is 1. The SMILES string of the molecule is COC(=O)c1cc(-c2ccccc2)sc1NC(=S)Nc1nn(Cc2ccc(C)cc2)cc1Br. The predicted octanol–water partition coefficient (Wildman–Crippen LogP) is 6.33. The van der Waals surface area contributed by atoms with Crippen molar-refractivity contribution < 1.29 is 9.53 Å². The number of anilines is 2. The summed E-state index contributed by atoms with van der Waals surface area (Å²) in [6.07, 6.45) is 1.89. The molecule has 2 N–H and O–H groups in total. The van der Waals surface area contributed by atoms with Gasteiger partial charge >= 0.3 is 5.97 Å². The molecule has 2 aromatic carbocycles. The van der Waals surface area contributed by atoms with Gasteiger partial charge in [0, 0.05) is 11.1 Å². The summed E-state index contributed by atoms with van der Waals surface area (Å²) in [7, 11) is 1.36. The minimum absolute atomic E-state index is 0.322. The highest BCUT2D eigenvalue weighted by Gasteiger charge is 2.19. The largest absolute Gasteiger partial charge is 0.465 e. The van der Waals surface area contributed by atoms with Crippen molar-refractivity contribution in [3.8, 4) is 10.4 Å². The normalized spacial score (nSPS) is 10.6. The van der Waals surface area contributed by atoms with E-state index in [1.807, 2.05) is 47.3 Å². The molecule has 33 heavy (non-hydrogen) atoms. The quantitative estimate of drug-likeness (QED) is 0.220. The Bertz CT molecular complexity index is 1280. The number of thiophene rings is 1. The van der Waals surface area contributed by atoms with Crippen LogP contribution in [-0.2, 0) is 11.3 Å². The highest BCUT2D eigenvalue weighted by molar-refractivity contribution is 9.10. The maximum atomic E-state index is 12.3. The van der Waals surface area contributed by atoms with Crippen LogP contribution in [-0.4, -0.2) is 28.0 Å². The molecule has 0 aliphatic carbocycles. The van der Waals surface area contributed by atoms with Crippen LogP contribution >= 0.6 is 39.5 Å². The maximum absolute atomic E-state index is 12.3. The maximum Gasteiger partial charge on any atom is 0.340 e. The van der Waals surface area contributed by atoms with E-state index in [0.29, 0.717) is 28.0 Å². The number of ether oxygens (including phenoxy) is 1. The van der Waals surface area contributed by atoms with Crippen molar-refractivity contribution in [3.05, 3.63) is 88.0 Å². The molecule has 0 unspecified atom stereocenters. The van der Waals surface area contributed by atoms with Crippen LogP contribution in [0.4, 0.5) is 10.8 Å². The third-order valence-electron chi connectivity index (χ3n) is 4.84. The van der Waals surface area contributed by atoms with Crippen molar-refractivity contribution >= 4 is 61.4 Å². The van der Waals surface area contributed by atoms with Gasteiger partial charge in [0.05, 0.1) is 23.7 Å². The van der Waals surface area contributed by atoms with Crippen molar-refractivity contribution in [1.82, 2.24) is 9.78 Å². The lowest BCUT2D eigenvalue weighted by Gasteiger charge is -2.09. The molecule has 0 spiro atoms. The number of aryl methyl sites for hydroxylation is 1. The van der Waals surface area contributed by atoms with E-state index < -0.39 is 5.97 Å². The molecule has 4 rings (SSSR count). The molecule has 2 aromatic heterocycles. The summed E-state index contributed by atoms with van der Waals surface area (Å²) in [6.45, 7) is 2.70. The number of nitrogens with zero attached hydrogens (tertiary/aromatic N) is 2. The number of carbonyl (C=O) groups is 1. The third-order valence-corrected chi connectivity index (χ3v) is 6.72. The smallest absolute Gasteiger partial charge is 0.340 e. The van der Waals surface area contributed by atoms with Gasteiger partial charge in [0.15, 0.2) is 10.9 Å². The Morgan fingerprint density at radius 3 is 2.58 bits per heavy atom. The summed E-state index contributed by atoms with van der Waals surface area (Å²) in [4.78, 5) is 13.3. The number of hydrogen-bond acceptors (Lipinski definition) is 5. The second-order valence-electron chi connectivity index (χ2n) is 7.30. The molecule has 0 atom stereocenters. The van der Waals surface area contributed by atoms with Gasteiger partial charge in [-0.25, -0.2) is 4.79 Å². The molecule has 0 fully saturated rings. The van der Waals surface area contributed by atoms with E-state index in [0.717, 1.165) is 20.5 Å². The van der Waals surface area contributed by atoms with E-state index in [1.165, 1.54) is 24.0 Å². The van der Waals surface area contributed by atoms with E-state index in [4.69, 9.17) is 17.0 Å². The molecular weight excluding hydrogens is 520 g/mol. The molecule has 9 heteroatoms. The number of aromatic nitrogens is 2. The summed E-state index contributed by atoms with van der Waals surface area (Å²) >= 11 is 10.5. The Morgan fingerprint density at radius 2 is 1.88 bits per heavy atom.